The van der Waals surface area contributed by atoms with Crippen LogP contribution in [0.5, 0.6) is 17.2 Å². The Kier molecular flexibility index (Phi) is 8.79. The lowest BCUT2D eigenvalue weighted by Gasteiger charge is -2.14. The summed E-state index contributed by atoms with van der Waals surface area (Å²) in [6.07, 6.45) is 1.49. The maximum absolute atomic E-state index is 13.7. The van der Waals surface area contributed by atoms with E-state index in [0.29, 0.717) is 61.8 Å². The molecule has 2 aromatic heterocycles. The second kappa shape index (κ2) is 13.2. The monoisotopic (exact) mass is 684 g/mol. The Morgan fingerprint density at radius 1 is 1.02 bits per heavy atom. The van der Waals surface area contributed by atoms with Crippen LogP contribution in [0.3, 0.4) is 0 Å². The minimum absolute atomic E-state index is 0.203. The molecule has 0 aliphatic rings. The molecule has 6 aromatic rings. The van der Waals surface area contributed by atoms with Gasteiger partial charge in [-0.15, -0.1) is 0 Å². The molecule has 4 aromatic carbocycles. The normalized spacial score (nSPS) is 11.3. The van der Waals surface area contributed by atoms with Crippen molar-refractivity contribution in [1.82, 2.24) is 9.66 Å². The summed E-state index contributed by atoms with van der Waals surface area (Å²) < 4.78 is 38.0. The van der Waals surface area contributed by atoms with Crippen molar-refractivity contribution in [2.45, 2.75) is 6.92 Å². The lowest BCUT2D eigenvalue weighted by Crippen LogP contribution is -2.20. The summed E-state index contributed by atoms with van der Waals surface area (Å²) in [7, 11) is 1.57. The number of halogens is 2. The van der Waals surface area contributed by atoms with Crippen molar-refractivity contribution in [1.29, 1.82) is 0 Å². The van der Waals surface area contributed by atoms with E-state index >= 15 is 0 Å². The van der Waals surface area contributed by atoms with E-state index in [1.807, 2.05) is 19.1 Å². The highest BCUT2D eigenvalue weighted by molar-refractivity contribution is 9.10. The SMILES string of the molecule is CCOc1cc(C=Nn2c(-c3cc4c(OC)cccc4o3)nc3ccccc3c2=O)cc(Br)c1OCC(=O)Nc1ccc(F)cc1. The number of benzene rings is 4. The Balaban J connectivity index is 1.34. The van der Waals surface area contributed by atoms with Crippen molar-refractivity contribution >= 4 is 55.6 Å². The van der Waals surface area contributed by atoms with Crippen LogP contribution in [0, 0.1) is 5.82 Å². The molecule has 46 heavy (non-hydrogen) atoms. The number of methoxy groups -OCH3 is 1. The fraction of sp³-hybridized carbons (Fsp3) is 0.118. The maximum Gasteiger partial charge on any atom is 0.282 e. The number of carbonyl (C=O) groups is 1. The van der Waals surface area contributed by atoms with Crippen LogP contribution >= 0.6 is 15.9 Å². The van der Waals surface area contributed by atoms with Gasteiger partial charge in [-0.3, -0.25) is 9.59 Å². The summed E-state index contributed by atoms with van der Waals surface area (Å²) in [5, 5.41) is 8.29. The van der Waals surface area contributed by atoms with E-state index in [-0.39, 0.29) is 18.0 Å². The topological polar surface area (TPSA) is 117 Å². The highest BCUT2D eigenvalue weighted by atomic mass is 79.9. The van der Waals surface area contributed by atoms with Gasteiger partial charge in [0.1, 0.15) is 17.1 Å². The number of ether oxygens (including phenoxy) is 3. The summed E-state index contributed by atoms with van der Waals surface area (Å²) >= 11 is 3.50. The zero-order valence-corrected chi connectivity index (χ0v) is 26.2. The molecule has 0 radical (unpaired) electrons. The van der Waals surface area contributed by atoms with Gasteiger partial charge in [0.25, 0.3) is 11.5 Å². The zero-order chi connectivity index (χ0) is 32.2. The number of nitrogens with one attached hydrogen (secondary N) is 1. The predicted octanol–water partition coefficient (Wildman–Crippen LogP) is 7.02. The number of fused-ring (bicyclic) bond motifs is 2. The molecule has 0 spiro atoms. The number of amides is 1. The standard InChI is InChI=1S/C34H26BrFN4O6/c1-3-44-29-16-20(15-25(35)32(29)45-19-31(41)38-22-13-11-21(36)12-14-22)18-37-40-33(39-26-8-5-4-7-23(26)34(40)42)30-17-24-27(43-2)9-6-10-28(24)46-30/h4-18H,3,19H2,1-2H3,(H,38,41). The number of carbonyl (C=O) groups excluding carboxylic acids is 1. The number of hydrogen-bond acceptors (Lipinski definition) is 8. The van der Waals surface area contributed by atoms with Crippen molar-refractivity contribution in [3.8, 4) is 28.8 Å². The highest BCUT2D eigenvalue weighted by Gasteiger charge is 2.19. The molecule has 12 heteroatoms. The van der Waals surface area contributed by atoms with E-state index in [1.54, 1.807) is 55.6 Å². The number of anilines is 1. The average Bonchev–Trinajstić information content (AvgIpc) is 3.50. The largest absolute Gasteiger partial charge is 0.496 e. The van der Waals surface area contributed by atoms with E-state index in [9.17, 15) is 14.0 Å². The third-order valence-electron chi connectivity index (χ3n) is 6.85. The highest BCUT2D eigenvalue weighted by Crippen LogP contribution is 2.37. The number of furan rings is 1. The number of rotatable bonds is 10. The Morgan fingerprint density at radius 2 is 1.83 bits per heavy atom. The number of nitrogens with zero attached hydrogens (tertiary/aromatic N) is 3. The second-order valence-corrected chi connectivity index (χ2v) is 10.8. The van der Waals surface area contributed by atoms with Gasteiger partial charge >= 0.3 is 0 Å². The van der Waals surface area contributed by atoms with E-state index in [4.69, 9.17) is 23.6 Å². The third kappa shape index (κ3) is 6.33. The van der Waals surface area contributed by atoms with Gasteiger partial charge in [0, 0.05) is 5.69 Å². The first-order chi connectivity index (χ1) is 22.3. The maximum atomic E-state index is 13.7. The molecule has 0 bridgehead atoms. The zero-order valence-electron chi connectivity index (χ0n) is 24.6. The summed E-state index contributed by atoms with van der Waals surface area (Å²) in [6, 6.07) is 23.0. The molecular formula is C34H26BrFN4O6. The van der Waals surface area contributed by atoms with Crippen LogP contribution in [0.1, 0.15) is 12.5 Å². The minimum atomic E-state index is -0.439. The van der Waals surface area contributed by atoms with E-state index < -0.39 is 11.7 Å². The molecule has 0 fully saturated rings. The predicted molar refractivity (Wildman–Crippen MR) is 177 cm³/mol. The van der Waals surface area contributed by atoms with E-state index in [1.165, 1.54) is 35.2 Å². The quantitative estimate of drug-likeness (QED) is 0.154. The second-order valence-electron chi connectivity index (χ2n) is 9.90. The van der Waals surface area contributed by atoms with Crippen LogP contribution in [0.2, 0.25) is 0 Å². The Bertz CT molecular complexity index is 2160. The first-order valence-corrected chi connectivity index (χ1v) is 14.9. The van der Waals surface area contributed by atoms with Crippen LogP contribution in [0.15, 0.2) is 104 Å². The van der Waals surface area contributed by atoms with Crippen LogP contribution in [-0.2, 0) is 4.79 Å². The van der Waals surface area contributed by atoms with Crippen LogP contribution < -0.4 is 25.1 Å². The first kappa shape index (κ1) is 30.5. The van der Waals surface area contributed by atoms with Gasteiger partial charge in [-0.25, -0.2) is 9.37 Å². The lowest BCUT2D eigenvalue weighted by atomic mass is 10.2. The minimum Gasteiger partial charge on any atom is -0.496 e. The number of aromatic nitrogens is 2. The summed E-state index contributed by atoms with van der Waals surface area (Å²) in [5.74, 6) is 0.958. The van der Waals surface area contributed by atoms with Gasteiger partial charge in [0.15, 0.2) is 23.9 Å². The first-order valence-electron chi connectivity index (χ1n) is 14.1. The molecule has 0 aliphatic heterocycles. The van der Waals surface area contributed by atoms with Gasteiger partial charge in [-0.1, -0.05) is 18.2 Å². The summed E-state index contributed by atoms with van der Waals surface area (Å²) in [4.78, 5) is 30.9. The van der Waals surface area contributed by atoms with Crippen molar-refractivity contribution in [2.24, 2.45) is 5.10 Å². The van der Waals surface area contributed by atoms with Crippen molar-refractivity contribution in [3.05, 3.63) is 111 Å². The van der Waals surface area contributed by atoms with Gasteiger partial charge in [-0.05, 0) is 95.1 Å². The van der Waals surface area contributed by atoms with Crippen molar-refractivity contribution in [2.75, 3.05) is 25.6 Å². The molecule has 0 unspecified atom stereocenters. The Hall–Kier alpha value is -5.49. The fourth-order valence-corrected chi connectivity index (χ4v) is 5.34. The lowest BCUT2D eigenvalue weighted by molar-refractivity contribution is -0.118. The van der Waals surface area contributed by atoms with E-state index in [2.05, 4.69) is 26.3 Å². The van der Waals surface area contributed by atoms with Gasteiger partial charge in [0.05, 0.1) is 40.7 Å². The average molecular weight is 686 g/mol. The molecule has 1 amide bonds. The smallest absolute Gasteiger partial charge is 0.282 e. The van der Waals surface area contributed by atoms with Gasteiger partial charge < -0.3 is 23.9 Å². The Labute approximate surface area is 270 Å². The molecule has 1 N–H and O–H groups in total. The number of hydrogen-bond donors (Lipinski definition) is 1. The summed E-state index contributed by atoms with van der Waals surface area (Å²) in [6.45, 7) is 1.81. The van der Waals surface area contributed by atoms with Gasteiger partial charge in [0.2, 0.25) is 5.82 Å². The molecule has 0 saturated carbocycles. The molecule has 0 atom stereocenters. The molecule has 6 rings (SSSR count). The fourth-order valence-electron chi connectivity index (χ4n) is 4.77. The molecule has 0 saturated heterocycles. The molecule has 232 valence electrons. The van der Waals surface area contributed by atoms with Crippen molar-refractivity contribution < 1.29 is 27.8 Å². The van der Waals surface area contributed by atoms with E-state index in [0.717, 1.165) is 5.39 Å². The molecule has 2 heterocycles. The summed E-state index contributed by atoms with van der Waals surface area (Å²) in [5.41, 5.74) is 1.67. The van der Waals surface area contributed by atoms with Gasteiger partial charge in [-0.2, -0.15) is 9.78 Å². The molecule has 10 nitrogen and oxygen atoms in total. The number of para-hydroxylation sites is 1. The van der Waals surface area contributed by atoms with Crippen LogP contribution in [-0.4, -0.2) is 42.1 Å². The van der Waals surface area contributed by atoms with Crippen molar-refractivity contribution in [3.63, 3.8) is 0 Å². The third-order valence-corrected chi connectivity index (χ3v) is 7.43. The Morgan fingerprint density at radius 3 is 2.61 bits per heavy atom. The molecule has 0 aliphatic carbocycles. The molecular weight excluding hydrogens is 659 g/mol. The van der Waals surface area contributed by atoms with Crippen LogP contribution in [0.25, 0.3) is 33.5 Å². The van der Waals surface area contributed by atoms with Crippen LogP contribution in [0.4, 0.5) is 10.1 Å².